The molecule has 5 nitrogen and oxygen atoms in total. The van der Waals surface area contributed by atoms with E-state index in [4.69, 9.17) is 13.1 Å². The maximum atomic E-state index is 14.0. The zero-order valence-electron chi connectivity index (χ0n) is 25.1. The van der Waals surface area contributed by atoms with Crippen LogP contribution in [-0.2, 0) is 13.7 Å². The minimum absolute atomic E-state index is 0.104. The van der Waals surface area contributed by atoms with Gasteiger partial charge in [0.25, 0.3) is 0 Å². The predicted molar refractivity (Wildman–Crippen MR) is 167 cm³/mol. The maximum absolute atomic E-state index is 14.0. The molecule has 4 aromatic carbocycles. The van der Waals surface area contributed by atoms with E-state index in [9.17, 15) is 8.42 Å². The number of rotatable bonds is 8. The molecule has 0 atom stereocenters. The Morgan fingerprint density at radius 2 is 0.756 bits per heavy atom. The second-order valence-electron chi connectivity index (χ2n) is 12.1. The summed E-state index contributed by atoms with van der Waals surface area (Å²) in [5, 5.41) is 0. The van der Waals surface area contributed by atoms with Crippen molar-refractivity contribution in [2.24, 2.45) is 0 Å². The van der Waals surface area contributed by atoms with Gasteiger partial charge < -0.3 is 9.47 Å². The normalized spacial score (nSPS) is 13.1. The third-order valence-corrected chi connectivity index (χ3v) is 11.2. The van der Waals surface area contributed by atoms with Crippen LogP contribution in [-0.4, -0.2) is 19.6 Å². The molecular weight excluding hydrogens is 553 g/mol. The molecule has 0 saturated carbocycles. The minimum Gasteiger partial charge on any atom is -0.488 e. The van der Waals surface area contributed by atoms with E-state index in [0.29, 0.717) is 11.5 Å². The number of hydrogen-bond acceptors (Lipinski definition) is 5. The third-order valence-electron chi connectivity index (χ3n) is 6.01. The highest BCUT2D eigenvalue weighted by molar-refractivity contribution is 8.33. The Balaban J connectivity index is 1.96. The van der Waals surface area contributed by atoms with Crippen molar-refractivity contribution in [1.29, 1.82) is 0 Å². The highest BCUT2D eigenvalue weighted by Crippen LogP contribution is 2.70. The molecule has 0 aliphatic rings. The molecule has 0 unspecified atom stereocenters. The minimum atomic E-state index is -4.19. The first kappa shape index (κ1) is 30.7. The van der Waals surface area contributed by atoms with Crippen LogP contribution in [0.2, 0.25) is 0 Å². The van der Waals surface area contributed by atoms with E-state index in [0.717, 1.165) is 25.8 Å². The van der Waals surface area contributed by atoms with Crippen LogP contribution >= 0.6 is 10.3 Å². The SMILES string of the molecule is Cc1ccc(S(OS(=O)(=O)c2ccc(C)cc2)(c2ccc(OC(C)(C)C)cc2)c2ccc(OC(C)(C)C)cc2)cc1. The van der Waals surface area contributed by atoms with Crippen molar-refractivity contribution in [3.05, 3.63) is 108 Å². The Labute approximate surface area is 247 Å². The van der Waals surface area contributed by atoms with Crippen LogP contribution in [0.5, 0.6) is 11.5 Å². The number of benzene rings is 4. The van der Waals surface area contributed by atoms with Gasteiger partial charge in [0.2, 0.25) is 0 Å². The summed E-state index contributed by atoms with van der Waals surface area (Å²) in [6.45, 7) is 15.8. The lowest BCUT2D eigenvalue weighted by atomic mass is 10.2. The van der Waals surface area contributed by atoms with Crippen molar-refractivity contribution in [2.45, 2.75) is 86.2 Å². The highest BCUT2D eigenvalue weighted by atomic mass is 32.3. The van der Waals surface area contributed by atoms with E-state index >= 15 is 0 Å². The molecule has 0 N–H and O–H groups in total. The Hall–Kier alpha value is -3.26. The van der Waals surface area contributed by atoms with Crippen LogP contribution in [0.3, 0.4) is 0 Å². The van der Waals surface area contributed by atoms with Gasteiger partial charge in [-0.15, -0.1) is 0 Å². The fourth-order valence-electron chi connectivity index (χ4n) is 4.24. The van der Waals surface area contributed by atoms with Crippen LogP contribution in [0.4, 0.5) is 0 Å². The first-order valence-corrected chi connectivity index (χ1v) is 16.6. The maximum Gasteiger partial charge on any atom is 0.307 e. The van der Waals surface area contributed by atoms with Crippen molar-refractivity contribution in [1.82, 2.24) is 0 Å². The molecule has 0 aromatic heterocycles. The summed E-state index contributed by atoms with van der Waals surface area (Å²) in [5.74, 6) is 1.38. The molecule has 0 bridgehead atoms. The molecule has 0 fully saturated rings. The van der Waals surface area contributed by atoms with E-state index in [1.807, 2.05) is 128 Å². The zero-order valence-corrected chi connectivity index (χ0v) is 26.7. The fourth-order valence-corrected chi connectivity index (χ4v) is 9.42. The molecule has 0 radical (unpaired) electrons. The van der Waals surface area contributed by atoms with Gasteiger partial charge in [-0.2, -0.15) is 8.42 Å². The van der Waals surface area contributed by atoms with Crippen molar-refractivity contribution in [2.75, 3.05) is 0 Å². The van der Waals surface area contributed by atoms with Crippen LogP contribution in [0, 0.1) is 13.8 Å². The van der Waals surface area contributed by atoms with Gasteiger partial charge in [-0.25, -0.2) is 3.63 Å². The molecule has 0 amide bonds. The van der Waals surface area contributed by atoms with E-state index < -0.39 is 20.4 Å². The largest absolute Gasteiger partial charge is 0.488 e. The summed E-state index contributed by atoms with van der Waals surface area (Å²) < 4.78 is 46.7. The monoisotopic (exact) mass is 592 g/mol. The van der Waals surface area contributed by atoms with Crippen LogP contribution in [0.15, 0.2) is 117 Å². The van der Waals surface area contributed by atoms with E-state index in [1.165, 1.54) is 0 Å². The van der Waals surface area contributed by atoms with Crippen molar-refractivity contribution >= 4 is 20.4 Å². The first-order valence-electron chi connectivity index (χ1n) is 13.6. The fraction of sp³-hybridized carbons (Fsp3) is 0.294. The molecule has 0 saturated heterocycles. The van der Waals surface area contributed by atoms with Crippen molar-refractivity contribution in [3.8, 4) is 11.5 Å². The van der Waals surface area contributed by atoms with Gasteiger partial charge in [0.15, 0.2) is 0 Å². The van der Waals surface area contributed by atoms with Gasteiger partial charge in [0.1, 0.15) is 22.7 Å². The molecule has 4 rings (SSSR count). The Morgan fingerprint density at radius 1 is 0.463 bits per heavy atom. The smallest absolute Gasteiger partial charge is 0.307 e. The van der Waals surface area contributed by atoms with Crippen molar-refractivity contribution < 1.29 is 21.5 Å². The quantitative estimate of drug-likeness (QED) is 0.204. The van der Waals surface area contributed by atoms with E-state index in [1.54, 1.807) is 24.3 Å². The van der Waals surface area contributed by atoms with Crippen LogP contribution in [0.25, 0.3) is 0 Å². The topological polar surface area (TPSA) is 61.8 Å². The van der Waals surface area contributed by atoms with E-state index in [-0.39, 0.29) is 16.1 Å². The zero-order chi connectivity index (χ0) is 30.1. The Bertz CT molecular complexity index is 1500. The van der Waals surface area contributed by atoms with E-state index in [2.05, 4.69) is 0 Å². The van der Waals surface area contributed by atoms with Crippen LogP contribution < -0.4 is 9.47 Å². The van der Waals surface area contributed by atoms with Crippen LogP contribution in [0.1, 0.15) is 52.7 Å². The summed E-state index contributed by atoms with van der Waals surface area (Å²) in [6.07, 6.45) is 0. The molecule has 0 heterocycles. The molecule has 0 aliphatic carbocycles. The summed E-state index contributed by atoms with van der Waals surface area (Å²) in [7, 11) is -6.98. The molecule has 0 aliphatic heterocycles. The molecule has 41 heavy (non-hydrogen) atoms. The second kappa shape index (κ2) is 11.6. The van der Waals surface area contributed by atoms with Gasteiger partial charge >= 0.3 is 10.1 Å². The molecule has 4 aromatic rings. The van der Waals surface area contributed by atoms with Gasteiger partial charge in [0.05, 0.1) is 4.90 Å². The number of ether oxygens (including phenoxy) is 2. The first-order chi connectivity index (χ1) is 19.1. The van der Waals surface area contributed by atoms with Crippen molar-refractivity contribution in [3.63, 3.8) is 0 Å². The predicted octanol–water partition coefficient (Wildman–Crippen LogP) is 9.26. The summed E-state index contributed by atoms with van der Waals surface area (Å²) in [5.41, 5.74) is 1.27. The average molecular weight is 593 g/mol. The Kier molecular flexibility index (Phi) is 8.65. The molecule has 218 valence electrons. The molecule has 0 spiro atoms. The Morgan fingerprint density at radius 3 is 1.07 bits per heavy atom. The standard InChI is InChI=1S/C34H40O5S2/c1-25-9-17-29(18-10-25)40(30-21-13-27(14-22-30)37-33(3,4)5,31-23-15-28(16-24-31)38-34(6,7)8)39-41(35,36)32-19-11-26(2)12-20-32/h9-24H,1-8H3. The lowest BCUT2D eigenvalue weighted by Crippen LogP contribution is -2.23. The molecule has 7 heteroatoms. The third kappa shape index (κ3) is 7.53. The van der Waals surface area contributed by atoms with Gasteiger partial charge in [0, 0.05) is 14.7 Å². The van der Waals surface area contributed by atoms with Gasteiger partial charge in [-0.1, -0.05) is 35.4 Å². The number of aryl methyl sites for hydroxylation is 2. The molecular formula is C34H40O5S2. The highest BCUT2D eigenvalue weighted by Gasteiger charge is 2.38. The van der Waals surface area contributed by atoms with Gasteiger partial charge in [-0.3, -0.25) is 0 Å². The average Bonchev–Trinajstić information content (AvgIpc) is 2.87. The van der Waals surface area contributed by atoms with Gasteiger partial charge in [-0.05, 0) is 138 Å². The number of hydrogen-bond donors (Lipinski definition) is 0. The lowest BCUT2D eigenvalue weighted by Gasteiger charge is -2.39. The summed E-state index contributed by atoms with van der Waals surface area (Å²) >= 11 is 0. The summed E-state index contributed by atoms with van der Waals surface area (Å²) in [4.78, 5) is 2.31. The second-order valence-corrected chi connectivity index (χ2v) is 16.5. The lowest BCUT2D eigenvalue weighted by molar-refractivity contribution is 0.130. The summed E-state index contributed by atoms with van der Waals surface area (Å²) in [6, 6.07) is 29.7.